The summed E-state index contributed by atoms with van der Waals surface area (Å²) >= 11 is 0. The second-order valence-electron chi connectivity index (χ2n) is 9.20. The fourth-order valence-corrected chi connectivity index (χ4v) is 4.74. The van der Waals surface area contributed by atoms with Crippen molar-refractivity contribution in [2.75, 3.05) is 0 Å². The molecular weight excluding hydrogens is 454 g/mol. The number of nitrogens with zero attached hydrogens (tertiary/aromatic N) is 5. The average Bonchev–Trinajstić information content (AvgIpc) is 3.71. The first kappa shape index (κ1) is 21.3. The van der Waals surface area contributed by atoms with Crippen molar-refractivity contribution in [1.82, 2.24) is 4.98 Å². The van der Waals surface area contributed by atoms with Crippen LogP contribution in [0, 0.1) is 6.92 Å². The molecule has 2 aromatic rings. The summed E-state index contributed by atoms with van der Waals surface area (Å²) in [6.45, 7) is 2.09. The van der Waals surface area contributed by atoms with Gasteiger partial charge in [-0.1, -0.05) is 29.8 Å². The third-order valence-corrected chi connectivity index (χ3v) is 6.53. The summed E-state index contributed by atoms with van der Waals surface area (Å²) in [5.41, 5.74) is 12.2. The van der Waals surface area contributed by atoms with E-state index in [2.05, 4.69) is 48.3 Å². The van der Waals surface area contributed by atoms with Crippen molar-refractivity contribution >= 4 is 34.0 Å². The van der Waals surface area contributed by atoms with Gasteiger partial charge in [0.05, 0.1) is 45.6 Å². The summed E-state index contributed by atoms with van der Waals surface area (Å²) in [6, 6.07) is 12.6. The van der Waals surface area contributed by atoms with Crippen LogP contribution in [0.5, 0.6) is 0 Å². The molecule has 5 aliphatic heterocycles. The highest BCUT2D eigenvalue weighted by atomic mass is 14.8. The van der Waals surface area contributed by atoms with Gasteiger partial charge in [-0.05, 0) is 90.9 Å². The van der Waals surface area contributed by atoms with Gasteiger partial charge in [-0.15, -0.1) is 0 Å². The summed E-state index contributed by atoms with van der Waals surface area (Å²) in [4.78, 5) is 23.9. The van der Waals surface area contributed by atoms with Gasteiger partial charge in [-0.3, -0.25) is 4.98 Å². The number of aryl methyl sites for hydroxylation is 1. The second kappa shape index (κ2) is 8.57. The summed E-state index contributed by atoms with van der Waals surface area (Å²) in [7, 11) is 0. The molecule has 0 amide bonds. The van der Waals surface area contributed by atoms with E-state index in [0.29, 0.717) is 0 Å². The fourth-order valence-electron chi connectivity index (χ4n) is 4.74. The Morgan fingerprint density at radius 2 is 1.14 bits per heavy atom. The van der Waals surface area contributed by atoms with Gasteiger partial charge in [0.15, 0.2) is 0 Å². The van der Waals surface area contributed by atoms with Crippen molar-refractivity contribution in [2.24, 2.45) is 20.0 Å². The largest absolute Gasteiger partial charge is 0.265 e. The lowest BCUT2D eigenvalue weighted by atomic mass is 9.91. The molecule has 5 heteroatoms. The number of benzene rings is 1. The molecule has 0 atom stereocenters. The minimum absolute atomic E-state index is 0.843. The number of aromatic nitrogens is 1. The predicted octanol–water partition coefficient (Wildman–Crippen LogP) is 6.34. The lowest BCUT2D eigenvalue weighted by Gasteiger charge is -2.14. The van der Waals surface area contributed by atoms with E-state index in [9.17, 15) is 0 Å². The SMILES string of the molecule is Cc1ccc(C2=C3C=CC(=N3)C=C3C=CC(=N3)C=C3C=CC(=N3)C=C3C=C(c4ccncc4)C2=N3)cc1. The van der Waals surface area contributed by atoms with Crippen LogP contribution in [-0.2, 0) is 0 Å². The molecule has 0 saturated carbocycles. The number of aliphatic imine (C=N–C) groups is 4. The second-order valence-corrected chi connectivity index (χ2v) is 9.20. The zero-order chi connectivity index (χ0) is 24.8. The van der Waals surface area contributed by atoms with Gasteiger partial charge in [0.2, 0.25) is 0 Å². The van der Waals surface area contributed by atoms with Crippen molar-refractivity contribution in [3.05, 3.63) is 149 Å². The fraction of sp³-hybridized carbons (Fsp3) is 0.0312. The smallest absolute Gasteiger partial charge is 0.0816 e. The van der Waals surface area contributed by atoms with Crippen molar-refractivity contribution in [3.63, 3.8) is 0 Å². The Kier molecular flexibility index (Phi) is 4.93. The van der Waals surface area contributed by atoms with Gasteiger partial charge in [-0.2, -0.15) is 0 Å². The maximum Gasteiger partial charge on any atom is 0.0816 e. The Morgan fingerprint density at radius 3 is 1.84 bits per heavy atom. The van der Waals surface area contributed by atoms with Gasteiger partial charge in [-0.25, -0.2) is 20.0 Å². The van der Waals surface area contributed by atoms with Crippen LogP contribution >= 0.6 is 0 Å². The number of fused-ring (bicyclic) bond motifs is 4. The Morgan fingerprint density at radius 1 is 0.514 bits per heavy atom. The molecule has 5 nitrogen and oxygen atoms in total. The van der Waals surface area contributed by atoms with E-state index >= 15 is 0 Å². The first-order valence-electron chi connectivity index (χ1n) is 12.2. The molecule has 0 radical (unpaired) electrons. The maximum atomic E-state index is 5.15. The number of pyridine rings is 1. The molecule has 0 aliphatic carbocycles. The van der Waals surface area contributed by atoms with E-state index in [1.807, 2.05) is 73.1 Å². The first-order chi connectivity index (χ1) is 18.2. The quantitative estimate of drug-likeness (QED) is 0.500. The lowest BCUT2D eigenvalue weighted by molar-refractivity contribution is 1.32. The van der Waals surface area contributed by atoms with Crippen LogP contribution in [-0.4, -0.2) is 27.8 Å². The highest BCUT2D eigenvalue weighted by molar-refractivity contribution is 6.47. The molecule has 0 N–H and O–H groups in total. The van der Waals surface area contributed by atoms with Gasteiger partial charge < -0.3 is 0 Å². The van der Waals surface area contributed by atoms with E-state index in [0.717, 1.165) is 67.9 Å². The normalized spacial score (nSPS) is 19.3. The molecule has 1 aromatic carbocycles. The Hall–Kier alpha value is -5.03. The van der Waals surface area contributed by atoms with Crippen LogP contribution in [0.1, 0.15) is 16.7 Å². The molecule has 0 spiro atoms. The molecule has 174 valence electrons. The van der Waals surface area contributed by atoms with Crippen molar-refractivity contribution in [2.45, 2.75) is 6.92 Å². The first-order valence-corrected chi connectivity index (χ1v) is 12.2. The van der Waals surface area contributed by atoms with Crippen LogP contribution in [0.4, 0.5) is 0 Å². The predicted molar refractivity (Wildman–Crippen MR) is 152 cm³/mol. The summed E-state index contributed by atoms with van der Waals surface area (Å²) in [5.74, 6) is 0. The van der Waals surface area contributed by atoms with Crippen LogP contribution in [0.15, 0.2) is 152 Å². The van der Waals surface area contributed by atoms with E-state index in [4.69, 9.17) is 20.0 Å². The summed E-state index contributed by atoms with van der Waals surface area (Å²) in [5, 5.41) is 0. The molecular formula is C32H21N5. The lowest BCUT2D eigenvalue weighted by Crippen LogP contribution is -2.05. The topological polar surface area (TPSA) is 62.3 Å². The molecule has 1 aromatic heterocycles. The van der Waals surface area contributed by atoms with Gasteiger partial charge in [0.25, 0.3) is 0 Å². The Labute approximate surface area is 214 Å². The van der Waals surface area contributed by atoms with Crippen LogP contribution in [0.3, 0.4) is 0 Å². The number of rotatable bonds is 2. The highest BCUT2D eigenvalue weighted by Gasteiger charge is 2.26. The van der Waals surface area contributed by atoms with Gasteiger partial charge in [0.1, 0.15) is 0 Å². The van der Waals surface area contributed by atoms with Crippen LogP contribution in [0.2, 0.25) is 0 Å². The van der Waals surface area contributed by atoms with Crippen LogP contribution < -0.4 is 0 Å². The average molecular weight is 476 g/mol. The van der Waals surface area contributed by atoms with Crippen molar-refractivity contribution in [3.8, 4) is 0 Å². The van der Waals surface area contributed by atoms with Gasteiger partial charge >= 0.3 is 0 Å². The Bertz CT molecular complexity index is 1730. The zero-order valence-corrected chi connectivity index (χ0v) is 20.1. The molecule has 8 bridgehead atoms. The molecule has 0 saturated heterocycles. The molecule has 5 aliphatic rings. The molecule has 0 fully saturated rings. The third kappa shape index (κ3) is 4.06. The number of hydrogen-bond donors (Lipinski definition) is 0. The minimum Gasteiger partial charge on any atom is -0.265 e. The van der Waals surface area contributed by atoms with Crippen LogP contribution in [0.25, 0.3) is 11.1 Å². The van der Waals surface area contributed by atoms with E-state index in [-0.39, 0.29) is 0 Å². The Balaban J connectivity index is 1.49. The summed E-state index contributed by atoms with van der Waals surface area (Å²) < 4.78 is 0. The zero-order valence-electron chi connectivity index (χ0n) is 20.1. The molecule has 37 heavy (non-hydrogen) atoms. The number of allylic oxidation sites excluding steroid dienone is 12. The third-order valence-electron chi connectivity index (χ3n) is 6.53. The number of hydrogen-bond acceptors (Lipinski definition) is 5. The molecule has 6 heterocycles. The van der Waals surface area contributed by atoms with E-state index in [1.54, 1.807) is 0 Å². The highest BCUT2D eigenvalue weighted by Crippen LogP contribution is 2.36. The van der Waals surface area contributed by atoms with Crippen molar-refractivity contribution < 1.29 is 0 Å². The van der Waals surface area contributed by atoms with E-state index in [1.165, 1.54) is 5.56 Å². The molecule has 7 rings (SSSR count). The van der Waals surface area contributed by atoms with Gasteiger partial charge in [0, 0.05) is 23.5 Å². The minimum atomic E-state index is 0.843. The van der Waals surface area contributed by atoms with E-state index < -0.39 is 0 Å². The maximum absolute atomic E-state index is 5.15. The standard InChI is InChI=1S/C32H21N5/c1-20-2-4-22(5-3-20)31-30-11-10-27(36-30)17-25-7-6-23(34-25)16-24-8-9-26(35-24)18-28-19-29(32(31)37-28)21-12-14-33-15-13-21/h2-19H,1H3. The summed E-state index contributed by atoms with van der Waals surface area (Å²) in [6.07, 6.45) is 23.9. The van der Waals surface area contributed by atoms with Crippen molar-refractivity contribution in [1.29, 1.82) is 0 Å². The molecule has 0 unspecified atom stereocenters. The monoisotopic (exact) mass is 475 g/mol.